The highest BCUT2D eigenvalue weighted by Gasteiger charge is 2.27. The molecule has 0 aliphatic carbocycles. The number of aryl methyl sites for hydroxylation is 1. The number of carbonyl (C=O) groups is 3. The number of fused-ring (bicyclic) bond motifs is 1. The minimum atomic E-state index is -0.605. The number of Topliss-reactive ketones (excluding diaryl/α,β-unsaturated/α-hetero) is 2. The lowest BCUT2D eigenvalue weighted by molar-refractivity contribution is 0.0591. The first-order chi connectivity index (χ1) is 9.42. The van der Waals surface area contributed by atoms with Crippen LogP contribution in [0.4, 0.5) is 0 Å². The van der Waals surface area contributed by atoms with E-state index in [1.807, 2.05) is 6.92 Å². The largest absolute Gasteiger partial charge is 0.464 e. The summed E-state index contributed by atoms with van der Waals surface area (Å²) in [6.45, 7) is 5.01. The molecule has 0 aliphatic rings. The van der Waals surface area contributed by atoms with Crippen LogP contribution in [0.5, 0.6) is 0 Å². The third-order valence-corrected chi connectivity index (χ3v) is 4.28. The normalized spacial score (nSPS) is 10.8. The average Bonchev–Trinajstić information content (AvgIpc) is 2.90. The molecular formula is C14H15NO4S. The van der Waals surface area contributed by atoms with E-state index in [9.17, 15) is 14.4 Å². The lowest BCUT2D eigenvalue weighted by atomic mass is 10.1. The van der Waals surface area contributed by atoms with Crippen molar-refractivity contribution in [2.24, 2.45) is 0 Å². The molecule has 0 aliphatic heterocycles. The molecule has 0 spiro atoms. The van der Waals surface area contributed by atoms with Gasteiger partial charge in [0, 0.05) is 11.3 Å². The van der Waals surface area contributed by atoms with Gasteiger partial charge < -0.3 is 9.72 Å². The fourth-order valence-electron chi connectivity index (χ4n) is 2.24. The number of hydrogen-bond acceptors (Lipinski definition) is 5. The number of nitrogens with one attached hydrogen (secondary N) is 1. The first-order valence-electron chi connectivity index (χ1n) is 6.19. The first-order valence-corrected chi connectivity index (χ1v) is 7.01. The topological polar surface area (TPSA) is 76.2 Å². The van der Waals surface area contributed by atoms with Gasteiger partial charge in [-0.3, -0.25) is 9.59 Å². The Morgan fingerprint density at radius 3 is 2.40 bits per heavy atom. The maximum absolute atomic E-state index is 12.0. The molecule has 0 fully saturated rings. The maximum atomic E-state index is 12.0. The zero-order chi connectivity index (χ0) is 15.0. The molecule has 0 aromatic carbocycles. The van der Waals surface area contributed by atoms with E-state index < -0.39 is 5.97 Å². The number of ether oxygens (including phenoxy) is 1. The third-order valence-electron chi connectivity index (χ3n) is 3.15. The van der Waals surface area contributed by atoms with Crippen LogP contribution in [0, 0.1) is 6.92 Å². The van der Waals surface area contributed by atoms with Gasteiger partial charge in [0.1, 0.15) is 5.69 Å². The zero-order valence-corrected chi connectivity index (χ0v) is 12.6. The molecule has 0 unspecified atom stereocenters. The summed E-state index contributed by atoms with van der Waals surface area (Å²) in [5, 5.41) is 0. The highest BCUT2D eigenvalue weighted by atomic mass is 32.1. The summed E-state index contributed by atoms with van der Waals surface area (Å²) in [6.07, 6.45) is 0.370. The first kappa shape index (κ1) is 14.5. The molecule has 0 saturated heterocycles. The molecular weight excluding hydrogens is 278 g/mol. The molecule has 5 nitrogen and oxygen atoms in total. The van der Waals surface area contributed by atoms with Crippen LogP contribution in [0.25, 0.3) is 10.2 Å². The highest BCUT2D eigenvalue weighted by molar-refractivity contribution is 7.20. The smallest absolute Gasteiger partial charge is 0.355 e. The standard InChI is InChI=1S/C14H15NO4S/c1-5-8(17)10-7(3)20-13-9(6(2)16)12(14(18)19-4)15-11(10)13/h15H,5H2,1-4H3. The summed E-state index contributed by atoms with van der Waals surface area (Å²) < 4.78 is 5.33. The second-order valence-corrected chi connectivity index (χ2v) is 5.66. The van der Waals surface area contributed by atoms with E-state index in [-0.39, 0.29) is 17.3 Å². The van der Waals surface area contributed by atoms with Gasteiger partial charge in [0.2, 0.25) is 0 Å². The second kappa shape index (κ2) is 5.20. The van der Waals surface area contributed by atoms with Gasteiger partial charge in [-0.15, -0.1) is 11.3 Å². The minimum Gasteiger partial charge on any atom is -0.464 e. The molecule has 106 valence electrons. The van der Waals surface area contributed by atoms with Crippen LogP contribution < -0.4 is 0 Å². The molecule has 2 aromatic rings. The van der Waals surface area contributed by atoms with Crippen molar-refractivity contribution in [1.29, 1.82) is 0 Å². The summed E-state index contributed by atoms with van der Waals surface area (Å²) >= 11 is 1.35. The van der Waals surface area contributed by atoms with Crippen molar-refractivity contribution in [2.75, 3.05) is 7.11 Å². The number of rotatable bonds is 4. The lowest BCUT2D eigenvalue weighted by Gasteiger charge is -1.99. The Morgan fingerprint density at radius 1 is 1.25 bits per heavy atom. The van der Waals surface area contributed by atoms with Gasteiger partial charge in [-0.25, -0.2) is 4.79 Å². The van der Waals surface area contributed by atoms with Crippen LogP contribution in [0.1, 0.15) is 56.3 Å². The van der Waals surface area contributed by atoms with E-state index in [1.54, 1.807) is 6.92 Å². The molecule has 2 rings (SSSR count). The molecule has 0 bridgehead atoms. The Balaban J connectivity index is 2.82. The fraction of sp³-hybridized carbons (Fsp3) is 0.357. The van der Waals surface area contributed by atoms with E-state index in [2.05, 4.69) is 9.72 Å². The Kier molecular flexibility index (Phi) is 3.76. The Labute approximate surface area is 119 Å². The number of esters is 1. The van der Waals surface area contributed by atoms with E-state index in [1.165, 1.54) is 25.4 Å². The fourth-order valence-corrected chi connectivity index (χ4v) is 3.47. The molecule has 0 radical (unpaired) electrons. The lowest BCUT2D eigenvalue weighted by Crippen LogP contribution is -2.07. The predicted octanol–water partition coefficient (Wildman–Crippen LogP) is 3.12. The number of aromatic nitrogens is 1. The number of carbonyl (C=O) groups excluding carboxylic acids is 3. The average molecular weight is 293 g/mol. The van der Waals surface area contributed by atoms with E-state index in [0.29, 0.717) is 27.8 Å². The van der Waals surface area contributed by atoms with Gasteiger partial charge >= 0.3 is 5.97 Å². The number of H-pyrrole nitrogens is 1. The molecule has 2 aromatic heterocycles. The van der Waals surface area contributed by atoms with Crippen molar-refractivity contribution in [3.05, 3.63) is 21.7 Å². The van der Waals surface area contributed by atoms with Crippen LogP contribution in [0.15, 0.2) is 0 Å². The number of hydrogen-bond donors (Lipinski definition) is 1. The summed E-state index contributed by atoms with van der Waals surface area (Å²) in [6, 6.07) is 0. The van der Waals surface area contributed by atoms with Gasteiger partial charge in [-0.2, -0.15) is 0 Å². The van der Waals surface area contributed by atoms with Crippen molar-refractivity contribution in [1.82, 2.24) is 4.98 Å². The molecule has 0 saturated carbocycles. The maximum Gasteiger partial charge on any atom is 0.355 e. The van der Waals surface area contributed by atoms with Crippen molar-refractivity contribution in [3.8, 4) is 0 Å². The van der Waals surface area contributed by atoms with Crippen LogP contribution in [0.2, 0.25) is 0 Å². The number of thiophene rings is 1. The van der Waals surface area contributed by atoms with Gasteiger partial charge in [-0.05, 0) is 13.8 Å². The van der Waals surface area contributed by atoms with Gasteiger partial charge in [0.15, 0.2) is 11.6 Å². The minimum absolute atomic E-state index is 0.0125. The van der Waals surface area contributed by atoms with E-state index in [0.717, 1.165) is 4.88 Å². The second-order valence-electron chi connectivity index (χ2n) is 4.44. The SMILES string of the molecule is CCC(=O)c1c(C)sc2c(C(C)=O)c(C(=O)OC)[nH]c12. The summed E-state index contributed by atoms with van der Waals surface area (Å²) in [5.74, 6) is -0.846. The molecule has 0 atom stereocenters. The number of aromatic amines is 1. The summed E-state index contributed by atoms with van der Waals surface area (Å²) in [5.41, 5.74) is 1.54. The zero-order valence-electron chi connectivity index (χ0n) is 11.7. The Bertz CT molecular complexity index is 723. The van der Waals surface area contributed by atoms with Crippen molar-refractivity contribution >= 4 is 39.1 Å². The van der Waals surface area contributed by atoms with Crippen LogP contribution >= 0.6 is 11.3 Å². The molecule has 1 N–H and O–H groups in total. The summed E-state index contributed by atoms with van der Waals surface area (Å²) in [7, 11) is 1.25. The van der Waals surface area contributed by atoms with E-state index in [4.69, 9.17) is 0 Å². The Morgan fingerprint density at radius 2 is 1.90 bits per heavy atom. The van der Waals surface area contributed by atoms with Gasteiger partial charge in [0.05, 0.1) is 28.5 Å². The quantitative estimate of drug-likeness (QED) is 0.694. The number of methoxy groups -OCH3 is 1. The number of ketones is 2. The monoisotopic (exact) mass is 293 g/mol. The molecule has 0 amide bonds. The van der Waals surface area contributed by atoms with Crippen LogP contribution in [0.3, 0.4) is 0 Å². The third kappa shape index (κ3) is 2.06. The van der Waals surface area contributed by atoms with Crippen molar-refractivity contribution < 1.29 is 19.1 Å². The highest BCUT2D eigenvalue weighted by Crippen LogP contribution is 2.36. The van der Waals surface area contributed by atoms with Gasteiger partial charge in [0.25, 0.3) is 0 Å². The van der Waals surface area contributed by atoms with Crippen LogP contribution in [-0.4, -0.2) is 29.6 Å². The predicted molar refractivity (Wildman–Crippen MR) is 76.9 cm³/mol. The molecule has 2 heterocycles. The van der Waals surface area contributed by atoms with E-state index >= 15 is 0 Å². The molecule has 6 heteroatoms. The van der Waals surface area contributed by atoms with Crippen molar-refractivity contribution in [3.63, 3.8) is 0 Å². The van der Waals surface area contributed by atoms with Gasteiger partial charge in [-0.1, -0.05) is 6.92 Å². The molecule has 20 heavy (non-hydrogen) atoms. The summed E-state index contributed by atoms with van der Waals surface area (Å²) in [4.78, 5) is 39.3. The Hall–Kier alpha value is -1.95. The van der Waals surface area contributed by atoms with Crippen molar-refractivity contribution in [2.45, 2.75) is 27.2 Å². The van der Waals surface area contributed by atoms with Crippen LogP contribution in [-0.2, 0) is 4.74 Å².